The Morgan fingerprint density at radius 3 is 2.42 bits per heavy atom. The predicted molar refractivity (Wildman–Crippen MR) is 75.8 cm³/mol. The van der Waals surface area contributed by atoms with E-state index in [4.69, 9.17) is 23.2 Å². The lowest BCUT2D eigenvalue weighted by Crippen LogP contribution is -2.54. The molecule has 0 bridgehead atoms. The number of benzene rings is 1. The number of Topliss-reactive ketones (excluding diaryl/α,β-unsaturated/α-hetero) is 1. The third-order valence-electron chi connectivity index (χ3n) is 3.25. The van der Waals surface area contributed by atoms with E-state index in [0.29, 0.717) is 22.0 Å². The van der Waals surface area contributed by atoms with Crippen LogP contribution < -0.4 is 5.32 Å². The molecule has 1 N–H and O–H groups in total. The molecule has 1 aromatic carbocycles. The molecule has 19 heavy (non-hydrogen) atoms. The van der Waals surface area contributed by atoms with Crippen molar-refractivity contribution in [3.8, 4) is 0 Å². The topological polar surface area (TPSA) is 46.2 Å². The Hall–Kier alpha value is -1.06. The van der Waals surface area contributed by atoms with Crippen molar-refractivity contribution in [2.24, 2.45) is 0 Å². The lowest BCUT2D eigenvalue weighted by atomic mass is 9.80. The van der Waals surface area contributed by atoms with Crippen LogP contribution in [0.15, 0.2) is 12.1 Å². The highest BCUT2D eigenvalue weighted by atomic mass is 35.5. The third-order valence-corrected chi connectivity index (χ3v) is 3.78. The smallest absolute Gasteiger partial charge is 0.235 e. The summed E-state index contributed by atoms with van der Waals surface area (Å²) >= 11 is 12.1. The summed E-state index contributed by atoms with van der Waals surface area (Å²) in [6.07, 6.45) is 0.293. The molecule has 0 aliphatic carbocycles. The quantitative estimate of drug-likeness (QED) is 0.809. The monoisotopic (exact) mass is 299 g/mol. The number of amides is 1. The van der Waals surface area contributed by atoms with Gasteiger partial charge in [-0.05, 0) is 44.0 Å². The van der Waals surface area contributed by atoms with Crippen LogP contribution in [-0.2, 0) is 9.59 Å². The molecule has 1 aromatic rings. The van der Waals surface area contributed by atoms with E-state index in [9.17, 15) is 9.59 Å². The van der Waals surface area contributed by atoms with Crippen molar-refractivity contribution < 1.29 is 9.59 Å². The summed E-state index contributed by atoms with van der Waals surface area (Å²) < 4.78 is 0. The summed E-state index contributed by atoms with van der Waals surface area (Å²) in [6, 6.07) is 3.27. The average molecular weight is 300 g/mol. The van der Waals surface area contributed by atoms with Crippen LogP contribution in [0.1, 0.15) is 37.3 Å². The van der Waals surface area contributed by atoms with E-state index in [1.165, 1.54) is 0 Å². The van der Waals surface area contributed by atoms with E-state index in [0.717, 1.165) is 5.56 Å². The van der Waals surface area contributed by atoms with Crippen molar-refractivity contribution in [2.45, 2.75) is 38.6 Å². The van der Waals surface area contributed by atoms with E-state index in [1.54, 1.807) is 19.1 Å². The molecule has 0 aromatic heterocycles. The van der Waals surface area contributed by atoms with E-state index < -0.39 is 11.5 Å². The molecule has 1 heterocycles. The third kappa shape index (κ3) is 2.77. The minimum absolute atomic E-state index is 0.110. The van der Waals surface area contributed by atoms with Crippen LogP contribution in [0, 0.1) is 6.92 Å². The van der Waals surface area contributed by atoms with Gasteiger partial charge in [0.2, 0.25) is 5.91 Å². The Morgan fingerprint density at radius 2 is 1.89 bits per heavy atom. The van der Waals surface area contributed by atoms with Gasteiger partial charge in [-0.25, -0.2) is 0 Å². The Kier molecular flexibility index (Phi) is 3.63. The average Bonchev–Trinajstić information content (AvgIpc) is 2.18. The van der Waals surface area contributed by atoms with Crippen molar-refractivity contribution in [2.75, 3.05) is 0 Å². The Bertz CT molecular complexity index is 524. The molecule has 1 atom stereocenters. The van der Waals surface area contributed by atoms with Gasteiger partial charge in [-0.3, -0.25) is 9.59 Å². The second-order valence-corrected chi connectivity index (χ2v) is 6.41. The number of carbonyl (C=O) groups excluding carboxylic acids is 2. The van der Waals surface area contributed by atoms with Crippen molar-refractivity contribution in [1.29, 1.82) is 0 Å². The fourth-order valence-electron chi connectivity index (χ4n) is 2.50. The molecule has 1 aliphatic heterocycles. The van der Waals surface area contributed by atoms with Gasteiger partial charge in [0.05, 0.1) is 0 Å². The maximum atomic E-state index is 12.3. The standard InChI is InChI=1S/C14H15Cl2NO2/c1-7-4-8(15)5-9(16)11(7)12-10(18)6-14(2,3)17-13(12)19/h4-5,12H,6H2,1-3H3,(H,17,19). The molecule has 102 valence electrons. The second kappa shape index (κ2) is 4.80. The molecule has 0 saturated carbocycles. The summed E-state index contributed by atoms with van der Waals surface area (Å²) in [7, 11) is 0. The molecular formula is C14H15Cl2NO2. The number of halogens is 2. The molecule has 0 spiro atoms. The number of nitrogens with one attached hydrogen (secondary N) is 1. The SMILES string of the molecule is Cc1cc(Cl)cc(Cl)c1C1C(=O)CC(C)(C)NC1=O. The first-order valence-corrected chi connectivity index (χ1v) is 6.77. The number of piperidine rings is 1. The second-order valence-electron chi connectivity index (χ2n) is 5.57. The number of hydrogen-bond donors (Lipinski definition) is 1. The van der Waals surface area contributed by atoms with Crippen LogP contribution in [0.3, 0.4) is 0 Å². The summed E-state index contributed by atoms with van der Waals surface area (Å²) in [5, 5.41) is 3.71. The van der Waals surface area contributed by atoms with Crippen LogP contribution >= 0.6 is 23.2 Å². The number of carbonyl (C=O) groups is 2. The molecule has 1 unspecified atom stereocenters. The molecule has 1 saturated heterocycles. The lowest BCUT2D eigenvalue weighted by molar-refractivity contribution is -0.136. The zero-order valence-electron chi connectivity index (χ0n) is 11.0. The summed E-state index contributed by atoms with van der Waals surface area (Å²) in [5.41, 5.74) is 0.812. The maximum absolute atomic E-state index is 12.3. The summed E-state index contributed by atoms with van der Waals surface area (Å²) in [6.45, 7) is 5.46. The molecular weight excluding hydrogens is 285 g/mol. The van der Waals surface area contributed by atoms with E-state index in [2.05, 4.69) is 5.32 Å². The Morgan fingerprint density at radius 1 is 1.26 bits per heavy atom. The zero-order chi connectivity index (χ0) is 14.4. The van der Waals surface area contributed by atoms with Crippen LogP contribution in [-0.4, -0.2) is 17.2 Å². The molecule has 5 heteroatoms. The fraction of sp³-hybridized carbons (Fsp3) is 0.429. The minimum atomic E-state index is -0.835. The predicted octanol–water partition coefficient (Wildman–Crippen LogP) is 3.25. The molecule has 1 amide bonds. The fourth-order valence-corrected chi connectivity index (χ4v) is 3.21. The molecule has 1 aliphatic rings. The Balaban J connectivity index is 2.48. The van der Waals surface area contributed by atoms with Crippen molar-refractivity contribution in [1.82, 2.24) is 5.32 Å². The molecule has 2 rings (SSSR count). The summed E-state index contributed by atoms with van der Waals surface area (Å²) in [4.78, 5) is 24.4. The van der Waals surface area contributed by atoms with Crippen LogP contribution in [0.2, 0.25) is 10.0 Å². The zero-order valence-corrected chi connectivity index (χ0v) is 12.5. The molecule has 3 nitrogen and oxygen atoms in total. The van der Waals surface area contributed by atoms with Gasteiger partial charge in [-0.2, -0.15) is 0 Å². The number of aryl methyl sites for hydroxylation is 1. The van der Waals surface area contributed by atoms with Crippen molar-refractivity contribution >= 4 is 34.9 Å². The first kappa shape index (κ1) is 14.4. The molecule has 0 radical (unpaired) electrons. The normalized spacial score (nSPS) is 22.3. The Labute approximate surface area is 122 Å². The van der Waals surface area contributed by atoms with Gasteiger partial charge in [0.15, 0.2) is 5.78 Å². The van der Waals surface area contributed by atoms with E-state index in [1.807, 2.05) is 13.8 Å². The largest absolute Gasteiger partial charge is 0.350 e. The highest BCUT2D eigenvalue weighted by Crippen LogP contribution is 2.35. The van der Waals surface area contributed by atoms with Crippen LogP contribution in [0.25, 0.3) is 0 Å². The van der Waals surface area contributed by atoms with Gasteiger partial charge in [0.1, 0.15) is 5.92 Å². The highest BCUT2D eigenvalue weighted by Gasteiger charge is 2.41. The van der Waals surface area contributed by atoms with E-state index >= 15 is 0 Å². The molecule has 1 fully saturated rings. The minimum Gasteiger partial charge on any atom is -0.350 e. The van der Waals surface area contributed by atoms with Gasteiger partial charge in [-0.1, -0.05) is 23.2 Å². The van der Waals surface area contributed by atoms with Gasteiger partial charge in [-0.15, -0.1) is 0 Å². The number of hydrogen-bond acceptors (Lipinski definition) is 2. The van der Waals surface area contributed by atoms with Crippen LogP contribution in [0.5, 0.6) is 0 Å². The van der Waals surface area contributed by atoms with Gasteiger partial charge in [0.25, 0.3) is 0 Å². The summed E-state index contributed by atoms with van der Waals surface area (Å²) in [5.74, 6) is -1.24. The van der Waals surface area contributed by atoms with E-state index in [-0.39, 0.29) is 11.7 Å². The first-order valence-electron chi connectivity index (χ1n) is 6.01. The van der Waals surface area contributed by atoms with Crippen molar-refractivity contribution in [3.05, 3.63) is 33.3 Å². The van der Waals surface area contributed by atoms with Crippen molar-refractivity contribution in [3.63, 3.8) is 0 Å². The van der Waals surface area contributed by atoms with Crippen LogP contribution in [0.4, 0.5) is 0 Å². The lowest BCUT2D eigenvalue weighted by Gasteiger charge is -2.34. The highest BCUT2D eigenvalue weighted by molar-refractivity contribution is 6.35. The number of ketones is 1. The van der Waals surface area contributed by atoms with Gasteiger partial charge < -0.3 is 5.32 Å². The first-order chi connectivity index (χ1) is 8.71. The maximum Gasteiger partial charge on any atom is 0.235 e. The van der Waals surface area contributed by atoms with Gasteiger partial charge >= 0.3 is 0 Å². The number of rotatable bonds is 1. The van der Waals surface area contributed by atoms with Gasteiger partial charge in [0, 0.05) is 22.0 Å².